The first-order valence-corrected chi connectivity index (χ1v) is 7.17. The van der Waals surface area contributed by atoms with Crippen LogP contribution in [0, 0.1) is 0 Å². The molecule has 0 saturated heterocycles. The highest BCUT2D eigenvalue weighted by atomic mass is 14.9. The summed E-state index contributed by atoms with van der Waals surface area (Å²) in [5, 5.41) is 3.37. The van der Waals surface area contributed by atoms with Crippen LogP contribution in [0.3, 0.4) is 0 Å². The van der Waals surface area contributed by atoms with Crippen LogP contribution in [0.4, 0.5) is 0 Å². The Labute approximate surface area is 122 Å². The van der Waals surface area contributed by atoms with Gasteiger partial charge in [0, 0.05) is 18.4 Å². The molecule has 1 heterocycles. The molecule has 0 saturated carbocycles. The SMILES string of the molecule is CNC(Cc1ccc(C(C)(C)C)cc1)c1cccnc1. The maximum Gasteiger partial charge on any atom is 0.0373 e. The van der Waals surface area contributed by atoms with Crippen LogP contribution >= 0.6 is 0 Å². The van der Waals surface area contributed by atoms with Gasteiger partial charge in [0.05, 0.1) is 0 Å². The second kappa shape index (κ2) is 6.19. The van der Waals surface area contributed by atoms with E-state index in [9.17, 15) is 0 Å². The maximum absolute atomic E-state index is 4.20. The molecule has 1 aromatic heterocycles. The van der Waals surface area contributed by atoms with Gasteiger partial charge < -0.3 is 5.32 Å². The highest BCUT2D eigenvalue weighted by Crippen LogP contribution is 2.24. The number of aromatic nitrogens is 1. The third-order valence-electron chi connectivity index (χ3n) is 3.70. The number of nitrogens with zero attached hydrogens (tertiary/aromatic N) is 1. The lowest BCUT2D eigenvalue weighted by Crippen LogP contribution is -2.19. The molecule has 0 fully saturated rings. The first-order valence-electron chi connectivity index (χ1n) is 7.17. The molecule has 1 unspecified atom stereocenters. The Hall–Kier alpha value is -1.67. The lowest BCUT2D eigenvalue weighted by atomic mass is 9.86. The molecule has 0 radical (unpaired) electrons. The summed E-state index contributed by atoms with van der Waals surface area (Å²) in [5.74, 6) is 0. The van der Waals surface area contributed by atoms with Crippen molar-refractivity contribution in [3.63, 3.8) is 0 Å². The van der Waals surface area contributed by atoms with Crippen molar-refractivity contribution in [1.82, 2.24) is 10.3 Å². The summed E-state index contributed by atoms with van der Waals surface area (Å²) in [4.78, 5) is 4.20. The zero-order valence-corrected chi connectivity index (χ0v) is 12.9. The van der Waals surface area contributed by atoms with Gasteiger partial charge in [0.25, 0.3) is 0 Å². The van der Waals surface area contributed by atoms with Crippen LogP contribution < -0.4 is 5.32 Å². The fraction of sp³-hybridized carbons (Fsp3) is 0.389. The van der Waals surface area contributed by atoms with Crippen LogP contribution in [-0.4, -0.2) is 12.0 Å². The topological polar surface area (TPSA) is 24.9 Å². The molecule has 1 N–H and O–H groups in total. The third kappa shape index (κ3) is 3.67. The van der Waals surface area contributed by atoms with Crippen LogP contribution in [0.15, 0.2) is 48.8 Å². The van der Waals surface area contributed by atoms with Crippen molar-refractivity contribution in [1.29, 1.82) is 0 Å². The summed E-state index contributed by atoms with van der Waals surface area (Å²) in [6.45, 7) is 6.73. The van der Waals surface area contributed by atoms with E-state index in [1.54, 1.807) is 0 Å². The molecule has 1 atom stereocenters. The molecule has 0 amide bonds. The highest BCUT2D eigenvalue weighted by Gasteiger charge is 2.14. The van der Waals surface area contributed by atoms with Crippen LogP contribution in [0.25, 0.3) is 0 Å². The molecule has 2 nitrogen and oxygen atoms in total. The zero-order chi connectivity index (χ0) is 14.6. The van der Waals surface area contributed by atoms with Crippen LogP contribution in [0.5, 0.6) is 0 Å². The normalized spacial score (nSPS) is 13.2. The van der Waals surface area contributed by atoms with Crippen molar-refractivity contribution >= 4 is 0 Å². The van der Waals surface area contributed by atoms with Gasteiger partial charge in [0.1, 0.15) is 0 Å². The van der Waals surface area contributed by atoms with Crippen molar-refractivity contribution in [2.24, 2.45) is 0 Å². The van der Waals surface area contributed by atoms with Gasteiger partial charge >= 0.3 is 0 Å². The Morgan fingerprint density at radius 2 is 1.80 bits per heavy atom. The van der Waals surface area contributed by atoms with Gasteiger partial charge in [-0.2, -0.15) is 0 Å². The Balaban J connectivity index is 2.13. The van der Waals surface area contributed by atoms with E-state index in [-0.39, 0.29) is 5.41 Å². The van der Waals surface area contributed by atoms with Gasteiger partial charge in [-0.25, -0.2) is 0 Å². The zero-order valence-electron chi connectivity index (χ0n) is 12.9. The number of hydrogen-bond donors (Lipinski definition) is 1. The predicted molar refractivity (Wildman–Crippen MR) is 84.9 cm³/mol. The molecule has 0 bridgehead atoms. The molecular weight excluding hydrogens is 244 g/mol. The first-order chi connectivity index (χ1) is 9.50. The van der Waals surface area contributed by atoms with E-state index in [0.717, 1.165) is 6.42 Å². The Morgan fingerprint density at radius 1 is 1.10 bits per heavy atom. The summed E-state index contributed by atoms with van der Waals surface area (Å²) in [5.41, 5.74) is 4.17. The molecule has 0 spiro atoms. The third-order valence-corrected chi connectivity index (χ3v) is 3.70. The molecule has 1 aromatic carbocycles. The van der Waals surface area contributed by atoms with Crippen LogP contribution in [0.2, 0.25) is 0 Å². The summed E-state index contributed by atoms with van der Waals surface area (Å²) < 4.78 is 0. The Kier molecular flexibility index (Phi) is 4.56. The van der Waals surface area contributed by atoms with Crippen molar-refractivity contribution in [2.45, 2.75) is 38.6 Å². The van der Waals surface area contributed by atoms with E-state index < -0.39 is 0 Å². The van der Waals surface area contributed by atoms with Crippen LogP contribution in [-0.2, 0) is 11.8 Å². The van der Waals surface area contributed by atoms with E-state index >= 15 is 0 Å². The summed E-state index contributed by atoms with van der Waals surface area (Å²) >= 11 is 0. The second-order valence-corrected chi connectivity index (χ2v) is 6.28. The minimum Gasteiger partial charge on any atom is -0.313 e. The number of rotatable bonds is 4. The largest absolute Gasteiger partial charge is 0.313 e. The minimum absolute atomic E-state index is 0.213. The summed E-state index contributed by atoms with van der Waals surface area (Å²) in [6, 6.07) is 13.4. The van der Waals surface area contributed by atoms with Gasteiger partial charge in [-0.05, 0) is 41.6 Å². The maximum atomic E-state index is 4.20. The number of nitrogens with one attached hydrogen (secondary N) is 1. The number of pyridine rings is 1. The monoisotopic (exact) mass is 268 g/mol. The fourth-order valence-electron chi connectivity index (χ4n) is 2.35. The number of likely N-dealkylation sites (N-methyl/N-ethyl adjacent to an activating group) is 1. The quantitative estimate of drug-likeness (QED) is 0.910. The molecule has 0 aliphatic heterocycles. The predicted octanol–water partition coefficient (Wildman–Crippen LogP) is 3.88. The molecule has 106 valence electrons. The fourth-order valence-corrected chi connectivity index (χ4v) is 2.35. The van der Waals surface area contributed by atoms with Gasteiger partial charge in [-0.1, -0.05) is 51.1 Å². The lowest BCUT2D eigenvalue weighted by molar-refractivity contribution is 0.582. The summed E-state index contributed by atoms with van der Waals surface area (Å²) in [7, 11) is 2.00. The standard InChI is InChI=1S/C18H24N2/c1-18(2,3)16-9-7-14(8-10-16)12-17(19-4)15-6-5-11-20-13-15/h5-11,13,17,19H,12H2,1-4H3. The average molecular weight is 268 g/mol. The molecule has 2 heteroatoms. The van der Waals surface area contributed by atoms with E-state index in [2.05, 4.69) is 61.4 Å². The molecule has 2 rings (SSSR count). The Morgan fingerprint density at radius 3 is 2.30 bits per heavy atom. The van der Waals surface area contributed by atoms with Crippen molar-refractivity contribution in [3.8, 4) is 0 Å². The van der Waals surface area contributed by atoms with Gasteiger partial charge in [0.2, 0.25) is 0 Å². The molecule has 0 aliphatic rings. The lowest BCUT2D eigenvalue weighted by Gasteiger charge is -2.20. The van der Waals surface area contributed by atoms with E-state index in [0.29, 0.717) is 6.04 Å². The first kappa shape index (κ1) is 14.7. The molecule has 2 aromatic rings. The smallest absolute Gasteiger partial charge is 0.0373 e. The van der Waals surface area contributed by atoms with E-state index in [1.165, 1.54) is 16.7 Å². The number of benzene rings is 1. The summed E-state index contributed by atoms with van der Waals surface area (Å²) in [6.07, 6.45) is 4.73. The van der Waals surface area contributed by atoms with Gasteiger partial charge in [-0.3, -0.25) is 4.98 Å². The average Bonchev–Trinajstić information content (AvgIpc) is 2.45. The highest BCUT2D eigenvalue weighted by molar-refractivity contribution is 5.29. The van der Waals surface area contributed by atoms with Gasteiger partial charge in [0.15, 0.2) is 0 Å². The van der Waals surface area contributed by atoms with E-state index in [1.807, 2.05) is 25.5 Å². The molecule has 0 aliphatic carbocycles. The number of hydrogen-bond acceptors (Lipinski definition) is 2. The van der Waals surface area contributed by atoms with Crippen molar-refractivity contribution in [2.75, 3.05) is 7.05 Å². The van der Waals surface area contributed by atoms with E-state index in [4.69, 9.17) is 0 Å². The molecule has 20 heavy (non-hydrogen) atoms. The van der Waals surface area contributed by atoms with Crippen molar-refractivity contribution < 1.29 is 0 Å². The van der Waals surface area contributed by atoms with Gasteiger partial charge in [-0.15, -0.1) is 0 Å². The minimum atomic E-state index is 0.213. The molecular formula is C18H24N2. The second-order valence-electron chi connectivity index (χ2n) is 6.28. The van der Waals surface area contributed by atoms with Crippen molar-refractivity contribution in [3.05, 3.63) is 65.5 Å². The Bertz CT molecular complexity index is 524. The van der Waals surface area contributed by atoms with Crippen LogP contribution in [0.1, 0.15) is 43.5 Å².